The zero-order valence-corrected chi connectivity index (χ0v) is 23.5. The number of carbonyl (C=O) groups is 2. The molecule has 0 radical (unpaired) electrons. The molecule has 1 saturated heterocycles. The molecule has 1 unspecified atom stereocenters. The first-order valence-electron chi connectivity index (χ1n) is 11.6. The van der Waals surface area contributed by atoms with E-state index in [2.05, 4.69) is 10.2 Å². The number of anilines is 1. The predicted molar refractivity (Wildman–Crippen MR) is 153 cm³/mol. The standard InChI is InChI=1S/C28H21Cl2N3O3S2/c1-15-3-4-16(2)21(13-15)24(34)22-23(18-7-11-20(30)12-8-18)33(26(36)25(22)35)27-31-32-28(38-27)37-14-17-5-9-19(29)10-6-17/h3-13,23,34H,14H2,1-2H3/b24-22+. The number of aryl methyl sites for hydroxylation is 2. The molecule has 10 heteroatoms. The fraction of sp³-hybridized carbons (Fsp3) is 0.143. The summed E-state index contributed by atoms with van der Waals surface area (Å²) in [5.41, 5.74) is 3.87. The van der Waals surface area contributed by atoms with Crippen molar-refractivity contribution < 1.29 is 14.7 Å². The Balaban J connectivity index is 1.55. The van der Waals surface area contributed by atoms with Crippen LogP contribution in [0.15, 0.2) is 76.6 Å². The minimum Gasteiger partial charge on any atom is -0.507 e. The average Bonchev–Trinajstić information content (AvgIpc) is 3.47. The van der Waals surface area contributed by atoms with Gasteiger partial charge in [-0.25, -0.2) is 0 Å². The summed E-state index contributed by atoms with van der Waals surface area (Å²) in [7, 11) is 0. The summed E-state index contributed by atoms with van der Waals surface area (Å²) < 4.78 is 0.640. The van der Waals surface area contributed by atoms with Crippen LogP contribution >= 0.6 is 46.3 Å². The summed E-state index contributed by atoms with van der Waals surface area (Å²) in [5, 5.41) is 21.3. The number of thioether (sulfide) groups is 1. The number of hydrogen-bond acceptors (Lipinski definition) is 7. The van der Waals surface area contributed by atoms with Gasteiger partial charge in [-0.15, -0.1) is 10.2 Å². The quantitative estimate of drug-likeness (QED) is 0.0840. The first-order chi connectivity index (χ1) is 18.2. The molecule has 38 heavy (non-hydrogen) atoms. The third kappa shape index (κ3) is 5.22. The predicted octanol–water partition coefficient (Wildman–Crippen LogP) is 7.38. The van der Waals surface area contributed by atoms with Crippen LogP contribution in [0.4, 0.5) is 5.13 Å². The number of carbonyl (C=O) groups excluding carboxylic acids is 2. The van der Waals surface area contributed by atoms with Crippen LogP contribution in [-0.2, 0) is 15.3 Å². The maximum absolute atomic E-state index is 13.4. The third-order valence-electron chi connectivity index (χ3n) is 6.16. The Hall–Kier alpha value is -3.17. The Labute approximate surface area is 237 Å². The number of nitrogens with zero attached hydrogens (tertiary/aromatic N) is 3. The van der Waals surface area contributed by atoms with Crippen molar-refractivity contribution in [2.75, 3.05) is 4.90 Å². The Bertz CT molecular complexity index is 1570. The minimum atomic E-state index is -0.894. The lowest BCUT2D eigenvalue weighted by molar-refractivity contribution is -0.132. The van der Waals surface area contributed by atoms with Crippen LogP contribution in [0.1, 0.15) is 33.9 Å². The lowest BCUT2D eigenvalue weighted by atomic mass is 9.93. The third-order valence-corrected chi connectivity index (χ3v) is 8.79. The summed E-state index contributed by atoms with van der Waals surface area (Å²) in [4.78, 5) is 28.1. The molecule has 1 aromatic heterocycles. The molecule has 0 bridgehead atoms. The van der Waals surface area contributed by atoms with Crippen molar-refractivity contribution >= 4 is 68.9 Å². The van der Waals surface area contributed by atoms with E-state index in [0.29, 0.717) is 31.3 Å². The number of ketones is 1. The van der Waals surface area contributed by atoms with Gasteiger partial charge in [-0.05, 0) is 60.9 Å². The largest absolute Gasteiger partial charge is 0.507 e. The van der Waals surface area contributed by atoms with Crippen LogP contribution < -0.4 is 4.90 Å². The first-order valence-corrected chi connectivity index (χ1v) is 14.1. The molecule has 1 aliphatic rings. The fourth-order valence-corrected chi connectivity index (χ4v) is 6.29. The van der Waals surface area contributed by atoms with Gasteiger partial charge in [-0.2, -0.15) is 0 Å². The molecule has 1 aliphatic heterocycles. The van der Waals surface area contributed by atoms with Crippen LogP contribution in [0.25, 0.3) is 5.76 Å². The molecule has 4 aromatic rings. The van der Waals surface area contributed by atoms with E-state index in [-0.39, 0.29) is 16.5 Å². The second-order valence-electron chi connectivity index (χ2n) is 8.80. The average molecular weight is 583 g/mol. The van der Waals surface area contributed by atoms with Gasteiger partial charge in [-0.3, -0.25) is 14.5 Å². The van der Waals surface area contributed by atoms with E-state index in [1.165, 1.54) is 28.0 Å². The van der Waals surface area contributed by atoms with Gasteiger partial charge in [0.25, 0.3) is 5.78 Å². The highest BCUT2D eigenvalue weighted by Gasteiger charge is 2.48. The lowest BCUT2D eigenvalue weighted by Crippen LogP contribution is -2.29. The van der Waals surface area contributed by atoms with E-state index in [1.54, 1.807) is 30.3 Å². The second-order valence-corrected chi connectivity index (χ2v) is 11.9. The van der Waals surface area contributed by atoms with E-state index in [4.69, 9.17) is 23.2 Å². The number of hydrogen-bond donors (Lipinski definition) is 1. The number of amides is 1. The Morgan fingerprint density at radius 3 is 2.32 bits per heavy atom. The van der Waals surface area contributed by atoms with Crippen LogP contribution in [0.5, 0.6) is 0 Å². The SMILES string of the molecule is Cc1ccc(C)c(/C(O)=C2\C(=O)C(=O)N(c3nnc(SCc4ccc(Cl)cc4)s3)C2c2ccc(Cl)cc2)c1. The smallest absolute Gasteiger partial charge is 0.301 e. The number of Topliss-reactive ketones (excluding diaryl/α,β-unsaturated/α-hetero) is 1. The van der Waals surface area contributed by atoms with E-state index < -0.39 is 17.7 Å². The molecule has 1 amide bonds. The summed E-state index contributed by atoms with van der Waals surface area (Å²) in [5.74, 6) is -1.15. The maximum atomic E-state index is 13.4. The fourth-order valence-electron chi connectivity index (χ4n) is 4.21. The highest BCUT2D eigenvalue weighted by Crippen LogP contribution is 2.44. The highest BCUT2D eigenvalue weighted by atomic mass is 35.5. The van der Waals surface area contributed by atoms with E-state index in [1.807, 2.05) is 50.2 Å². The van der Waals surface area contributed by atoms with Crippen molar-refractivity contribution in [1.29, 1.82) is 0 Å². The number of aliphatic hydroxyl groups excluding tert-OH is 1. The molecule has 2 heterocycles. The van der Waals surface area contributed by atoms with Crippen molar-refractivity contribution in [2.45, 2.75) is 30.0 Å². The van der Waals surface area contributed by atoms with Gasteiger partial charge < -0.3 is 5.11 Å². The van der Waals surface area contributed by atoms with Gasteiger partial charge >= 0.3 is 5.91 Å². The van der Waals surface area contributed by atoms with E-state index in [9.17, 15) is 14.7 Å². The number of aromatic nitrogens is 2. The lowest BCUT2D eigenvalue weighted by Gasteiger charge is -2.22. The zero-order valence-electron chi connectivity index (χ0n) is 20.3. The van der Waals surface area contributed by atoms with Crippen LogP contribution in [-0.4, -0.2) is 27.0 Å². The molecule has 1 N–H and O–H groups in total. The molecule has 0 spiro atoms. The maximum Gasteiger partial charge on any atom is 0.301 e. The van der Waals surface area contributed by atoms with Crippen LogP contribution in [0.3, 0.4) is 0 Å². The van der Waals surface area contributed by atoms with Crippen molar-refractivity contribution in [3.63, 3.8) is 0 Å². The number of halogens is 2. The zero-order chi connectivity index (χ0) is 27.0. The van der Waals surface area contributed by atoms with Gasteiger partial charge in [0, 0.05) is 21.4 Å². The summed E-state index contributed by atoms with van der Waals surface area (Å²) in [6, 6.07) is 19.0. The van der Waals surface area contributed by atoms with Crippen LogP contribution in [0.2, 0.25) is 10.0 Å². The van der Waals surface area contributed by atoms with Gasteiger partial charge in [0.1, 0.15) is 5.76 Å². The van der Waals surface area contributed by atoms with Crippen LogP contribution in [0, 0.1) is 13.8 Å². The summed E-state index contributed by atoms with van der Waals surface area (Å²) in [6.45, 7) is 3.74. The first kappa shape index (κ1) is 26.4. The van der Waals surface area contributed by atoms with Gasteiger partial charge in [-0.1, -0.05) is 88.3 Å². The van der Waals surface area contributed by atoms with Crippen molar-refractivity contribution in [3.05, 3.63) is 110 Å². The topological polar surface area (TPSA) is 83.4 Å². The second kappa shape index (κ2) is 10.9. The number of aliphatic hydroxyl groups is 1. The minimum absolute atomic E-state index is 0.00316. The van der Waals surface area contributed by atoms with Crippen molar-refractivity contribution in [2.24, 2.45) is 0 Å². The van der Waals surface area contributed by atoms with Gasteiger partial charge in [0.15, 0.2) is 4.34 Å². The molecule has 5 rings (SSSR count). The molecular weight excluding hydrogens is 561 g/mol. The van der Waals surface area contributed by atoms with Gasteiger partial charge in [0.2, 0.25) is 5.13 Å². The normalized spacial score (nSPS) is 16.8. The molecule has 6 nitrogen and oxygen atoms in total. The summed E-state index contributed by atoms with van der Waals surface area (Å²) >= 11 is 14.8. The number of benzene rings is 3. The monoisotopic (exact) mass is 581 g/mol. The van der Waals surface area contributed by atoms with E-state index >= 15 is 0 Å². The molecule has 0 saturated carbocycles. The molecule has 3 aromatic carbocycles. The molecule has 1 atom stereocenters. The molecule has 0 aliphatic carbocycles. The van der Waals surface area contributed by atoms with Crippen molar-refractivity contribution in [1.82, 2.24) is 10.2 Å². The van der Waals surface area contributed by atoms with E-state index in [0.717, 1.165) is 16.7 Å². The Morgan fingerprint density at radius 2 is 1.63 bits per heavy atom. The van der Waals surface area contributed by atoms with Crippen molar-refractivity contribution in [3.8, 4) is 0 Å². The number of rotatable bonds is 6. The highest BCUT2D eigenvalue weighted by molar-refractivity contribution is 8.00. The Morgan fingerprint density at radius 1 is 0.974 bits per heavy atom. The molecule has 192 valence electrons. The Kier molecular flexibility index (Phi) is 7.59. The molecular formula is C28H21Cl2N3O3S2. The summed E-state index contributed by atoms with van der Waals surface area (Å²) in [6.07, 6.45) is 0. The van der Waals surface area contributed by atoms with Gasteiger partial charge in [0.05, 0.1) is 11.6 Å². The molecule has 1 fully saturated rings.